The van der Waals surface area contributed by atoms with E-state index in [1.54, 1.807) is 7.11 Å². The molecule has 2 aliphatic rings. The minimum absolute atomic E-state index is 0.575. The van der Waals surface area contributed by atoms with Crippen LogP contribution in [0.5, 0.6) is 5.75 Å². The molecule has 0 radical (unpaired) electrons. The van der Waals surface area contributed by atoms with E-state index in [2.05, 4.69) is 64.0 Å². The van der Waals surface area contributed by atoms with Crippen LogP contribution in [0.2, 0.25) is 0 Å². The second kappa shape index (κ2) is 9.48. The lowest BCUT2D eigenvalue weighted by Gasteiger charge is -2.43. The van der Waals surface area contributed by atoms with Crippen molar-refractivity contribution in [1.29, 1.82) is 5.26 Å². The molecule has 184 valence electrons. The quantitative estimate of drug-likeness (QED) is 0.389. The molecule has 4 aromatic rings. The lowest BCUT2D eigenvalue weighted by atomic mass is 9.81. The first kappa shape index (κ1) is 22.9. The first-order valence-electron chi connectivity index (χ1n) is 13.1. The van der Waals surface area contributed by atoms with E-state index in [-0.39, 0.29) is 0 Å². The van der Waals surface area contributed by atoms with Crippen molar-refractivity contribution in [3.05, 3.63) is 66.0 Å². The molecule has 0 atom stereocenters. The zero-order valence-corrected chi connectivity index (χ0v) is 21.2. The normalized spacial score (nSPS) is 21.1. The van der Waals surface area contributed by atoms with Gasteiger partial charge in [0.05, 0.1) is 24.3 Å². The van der Waals surface area contributed by atoms with E-state index in [1.165, 1.54) is 42.1 Å². The zero-order valence-electron chi connectivity index (χ0n) is 21.2. The van der Waals surface area contributed by atoms with Crippen LogP contribution >= 0.6 is 0 Å². The molecule has 1 saturated heterocycles. The Bertz CT molecular complexity index is 1440. The third-order valence-electron chi connectivity index (χ3n) is 8.36. The van der Waals surface area contributed by atoms with Gasteiger partial charge in [-0.25, -0.2) is 0 Å². The molecule has 1 aliphatic carbocycles. The van der Waals surface area contributed by atoms with Crippen molar-refractivity contribution < 1.29 is 4.74 Å². The summed E-state index contributed by atoms with van der Waals surface area (Å²) >= 11 is 0. The third kappa shape index (κ3) is 3.98. The van der Waals surface area contributed by atoms with Gasteiger partial charge in [-0.1, -0.05) is 6.07 Å². The van der Waals surface area contributed by atoms with Gasteiger partial charge in [0.2, 0.25) is 0 Å². The molecule has 0 unspecified atom stereocenters. The molecule has 2 aromatic heterocycles. The number of benzene rings is 2. The summed E-state index contributed by atoms with van der Waals surface area (Å²) in [4.78, 5) is 9.85. The summed E-state index contributed by atoms with van der Waals surface area (Å²) in [6.45, 7) is 4.13. The molecule has 2 fully saturated rings. The SMILES string of the molecule is COc1ccc2cccnc2c1N1CCN([C@H]2CC[C@H](c3cn(C)c4ccc(C#N)cc43)CC2)CC1. The second-order valence-corrected chi connectivity index (χ2v) is 10.3. The summed E-state index contributed by atoms with van der Waals surface area (Å²) in [5.41, 5.74) is 5.55. The highest BCUT2D eigenvalue weighted by Crippen LogP contribution is 2.40. The topological polar surface area (TPSA) is 57.3 Å². The van der Waals surface area contributed by atoms with E-state index in [1.807, 2.05) is 18.3 Å². The molecule has 1 saturated carbocycles. The second-order valence-electron chi connectivity index (χ2n) is 10.3. The summed E-state index contributed by atoms with van der Waals surface area (Å²) in [6, 6.07) is 17.3. The minimum Gasteiger partial charge on any atom is -0.494 e. The van der Waals surface area contributed by atoms with Gasteiger partial charge in [0.15, 0.2) is 0 Å². The Hall–Kier alpha value is -3.56. The summed E-state index contributed by atoms with van der Waals surface area (Å²) < 4.78 is 7.95. The standard InChI is InChI=1S/C30H33N5O/c1-33-20-26(25-18-21(19-31)5-11-27(25)33)22-6-9-24(10-7-22)34-14-16-35(17-15-34)30-28(36-2)12-8-23-4-3-13-32-29(23)30/h3-5,8,11-13,18,20,22,24H,6-7,9-10,14-17H2,1-2H3/t22-,24-. The van der Waals surface area contributed by atoms with Gasteiger partial charge in [-0.2, -0.15) is 5.26 Å². The first-order chi connectivity index (χ1) is 17.7. The number of nitriles is 1. The van der Waals surface area contributed by atoms with Crippen molar-refractivity contribution in [3.8, 4) is 11.8 Å². The average Bonchev–Trinajstić information content (AvgIpc) is 3.28. The highest BCUT2D eigenvalue weighted by molar-refractivity contribution is 5.94. The van der Waals surface area contributed by atoms with Crippen LogP contribution in [0, 0.1) is 11.3 Å². The number of hydrogen-bond acceptors (Lipinski definition) is 5. The van der Waals surface area contributed by atoms with Gasteiger partial charge < -0.3 is 14.2 Å². The van der Waals surface area contributed by atoms with Crippen molar-refractivity contribution >= 4 is 27.5 Å². The Morgan fingerprint density at radius 3 is 2.56 bits per heavy atom. The Labute approximate surface area is 212 Å². The van der Waals surface area contributed by atoms with E-state index in [0.717, 1.165) is 54.1 Å². The van der Waals surface area contributed by atoms with Crippen molar-refractivity contribution in [2.45, 2.75) is 37.6 Å². The molecule has 3 heterocycles. The monoisotopic (exact) mass is 479 g/mol. The molecule has 0 amide bonds. The van der Waals surface area contributed by atoms with Gasteiger partial charge in [0.1, 0.15) is 11.4 Å². The van der Waals surface area contributed by atoms with Crippen LogP contribution in [0.4, 0.5) is 5.69 Å². The maximum atomic E-state index is 9.38. The third-order valence-corrected chi connectivity index (χ3v) is 8.36. The fourth-order valence-electron chi connectivity index (χ4n) is 6.46. The predicted octanol–water partition coefficient (Wildman–Crippen LogP) is 5.46. The Morgan fingerprint density at radius 1 is 1.00 bits per heavy atom. The number of methoxy groups -OCH3 is 1. The lowest BCUT2D eigenvalue weighted by Crippen LogP contribution is -2.51. The molecule has 36 heavy (non-hydrogen) atoms. The van der Waals surface area contributed by atoms with Crippen molar-refractivity contribution in [1.82, 2.24) is 14.5 Å². The smallest absolute Gasteiger partial charge is 0.144 e. The van der Waals surface area contributed by atoms with Crippen molar-refractivity contribution in [2.24, 2.45) is 7.05 Å². The highest BCUT2D eigenvalue weighted by atomic mass is 16.5. The first-order valence-corrected chi connectivity index (χ1v) is 13.1. The van der Waals surface area contributed by atoms with Gasteiger partial charge in [0, 0.05) is 68.0 Å². The largest absolute Gasteiger partial charge is 0.494 e. The number of pyridine rings is 1. The fraction of sp³-hybridized carbons (Fsp3) is 0.400. The number of aryl methyl sites for hydroxylation is 1. The molecule has 6 rings (SSSR count). The number of nitrogens with zero attached hydrogens (tertiary/aromatic N) is 5. The number of piperazine rings is 1. The minimum atomic E-state index is 0.575. The van der Waals surface area contributed by atoms with Crippen LogP contribution in [0.25, 0.3) is 21.8 Å². The number of ether oxygens (including phenoxy) is 1. The fourth-order valence-corrected chi connectivity index (χ4v) is 6.46. The molecule has 0 spiro atoms. The van der Waals surface area contributed by atoms with E-state index < -0.39 is 0 Å². The van der Waals surface area contributed by atoms with E-state index in [0.29, 0.717) is 12.0 Å². The lowest BCUT2D eigenvalue weighted by molar-refractivity contribution is 0.141. The van der Waals surface area contributed by atoms with E-state index >= 15 is 0 Å². The number of hydrogen-bond donors (Lipinski definition) is 0. The van der Waals surface area contributed by atoms with Crippen LogP contribution in [-0.4, -0.2) is 53.8 Å². The zero-order chi connectivity index (χ0) is 24.6. The van der Waals surface area contributed by atoms with E-state index in [9.17, 15) is 5.26 Å². The number of rotatable bonds is 4. The van der Waals surface area contributed by atoms with Gasteiger partial charge in [-0.15, -0.1) is 0 Å². The van der Waals surface area contributed by atoms with Gasteiger partial charge in [0.25, 0.3) is 0 Å². The molecule has 6 heteroatoms. The molecule has 2 aromatic carbocycles. The molecule has 0 bridgehead atoms. The van der Waals surface area contributed by atoms with Crippen LogP contribution < -0.4 is 9.64 Å². The highest BCUT2D eigenvalue weighted by Gasteiger charge is 2.31. The number of aromatic nitrogens is 2. The molecule has 1 aliphatic heterocycles. The van der Waals surface area contributed by atoms with Crippen LogP contribution in [-0.2, 0) is 7.05 Å². The molecule has 0 N–H and O–H groups in total. The van der Waals surface area contributed by atoms with Crippen molar-refractivity contribution in [3.63, 3.8) is 0 Å². The van der Waals surface area contributed by atoms with Gasteiger partial charge >= 0.3 is 0 Å². The number of fused-ring (bicyclic) bond motifs is 2. The summed E-state index contributed by atoms with van der Waals surface area (Å²) in [5, 5.41) is 11.8. The Morgan fingerprint density at radius 2 is 1.81 bits per heavy atom. The maximum Gasteiger partial charge on any atom is 0.144 e. The van der Waals surface area contributed by atoms with Crippen LogP contribution in [0.1, 0.15) is 42.7 Å². The van der Waals surface area contributed by atoms with E-state index in [4.69, 9.17) is 9.72 Å². The predicted molar refractivity (Wildman–Crippen MR) is 145 cm³/mol. The van der Waals surface area contributed by atoms with Crippen LogP contribution in [0.15, 0.2) is 54.9 Å². The van der Waals surface area contributed by atoms with Gasteiger partial charge in [-0.05, 0) is 73.6 Å². The molecule has 6 nitrogen and oxygen atoms in total. The summed E-state index contributed by atoms with van der Waals surface area (Å²) in [5.74, 6) is 1.48. The Kier molecular flexibility index (Phi) is 6.02. The Balaban J connectivity index is 1.13. The van der Waals surface area contributed by atoms with Gasteiger partial charge in [-0.3, -0.25) is 9.88 Å². The summed E-state index contributed by atoms with van der Waals surface area (Å²) in [7, 11) is 3.86. The van der Waals surface area contributed by atoms with Crippen molar-refractivity contribution in [2.75, 3.05) is 38.2 Å². The van der Waals surface area contributed by atoms with Crippen LogP contribution in [0.3, 0.4) is 0 Å². The molecular weight excluding hydrogens is 446 g/mol. The average molecular weight is 480 g/mol. The number of anilines is 1. The molecular formula is C30H33N5O. The summed E-state index contributed by atoms with van der Waals surface area (Å²) in [6.07, 6.45) is 9.05. The maximum absolute atomic E-state index is 9.38.